The summed E-state index contributed by atoms with van der Waals surface area (Å²) >= 11 is 0. The fourth-order valence-corrected chi connectivity index (χ4v) is 3.67. The van der Waals surface area contributed by atoms with E-state index < -0.39 is 56.5 Å². The van der Waals surface area contributed by atoms with Crippen LogP contribution in [0.1, 0.15) is 24.4 Å². The number of hydrogen-bond donors (Lipinski definition) is 5. The number of nitrogens with one attached hydrogen (secondary N) is 1. The smallest absolute Gasteiger partial charge is 0.405 e. The van der Waals surface area contributed by atoms with Gasteiger partial charge in [-0.2, -0.15) is 0 Å². The summed E-state index contributed by atoms with van der Waals surface area (Å²) in [5, 5.41) is 29.1. The van der Waals surface area contributed by atoms with Crippen molar-refractivity contribution in [1.82, 2.24) is 5.32 Å². The molecule has 1 aromatic rings. The monoisotopic (exact) mass is 359 g/mol. The first-order valence-electron chi connectivity index (χ1n) is 6.95. The van der Waals surface area contributed by atoms with Gasteiger partial charge in [0.1, 0.15) is 0 Å². The van der Waals surface area contributed by atoms with E-state index in [-0.39, 0.29) is 0 Å². The second kappa shape index (κ2) is 9.05. The minimum atomic E-state index is -3.50. The molecule has 0 bridgehead atoms. The van der Waals surface area contributed by atoms with Crippen LogP contribution in [0.2, 0.25) is 0 Å². The third kappa shape index (κ3) is 5.68. The molecule has 0 aromatic heterocycles. The van der Waals surface area contributed by atoms with Crippen molar-refractivity contribution in [3.63, 3.8) is 0 Å². The zero-order valence-electron chi connectivity index (χ0n) is 12.5. The van der Waals surface area contributed by atoms with E-state index >= 15 is 0 Å². The summed E-state index contributed by atoms with van der Waals surface area (Å²) in [5.74, 6) is -4.20. The summed E-state index contributed by atoms with van der Waals surface area (Å²) in [5.41, 5.74) is -1.16. The predicted octanol–water partition coefficient (Wildman–Crippen LogP) is 1.40. The summed E-state index contributed by atoms with van der Waals surface area (Å²) in [6, 6.07) is 6.53. The lowest BCUT2D eigenvalue weighted by Gasteiger charge is -2.29. The van der Waals surface area contributed by atoms with Gasteiger partial charge in [-0.15, -0.1) is 0 Å². The Kier molecular flexibility index (Phi) is 7.41. The van der Waals surface area contributed by atoms with Gasteiger partial charge in [0, 0.05) is 6.42 Å². The largest absolute Gasteiger partial charge is 0.481 e. The van der Waals surface area contributed by atoms with Gasteiger partial charge in [-0.1, -0.05) is 30.3 Å². The van der Waals surface area contributed by atoms with Crippen molar-refractivity contribution in [2.75, 3.05) is 0 Å². The number of carboxylic acids is 2. The Labute approximate surface area is 137 Å². The minimum absolute atomic E-state index is 0.318. The molecule has 0 aliphatic heterocycles. The van der Waals surface area contributed by atoms with Crippen molar-refractivity contribution in [1.29, 1.82) is 0 Å². The summed E-state index contributed by atoms with van der Waals surface area (Å²) < 4.78 is 11.8. The number of benzene rings is 1. The molecule has 0 aliphatic rings. The molecule has 132 valence electrons. The molecule has 24 heavy (non-hydrogen) atoms. The molecule has 0 spiro atoms. The van der Waals surface area contributed by atoms with Crippen LogP contribution < -0.4 is 5.32 Å². The number of rotatable bonds is 9. The third-order valence-electron chi connectivity index (χ3n) is 3.50. The van der Waals surface area contributed by atoms with Crippen LogP contribution in [-0.2, 0) is 14.2 Å². The van der Waals surface area contributed by atoms with Gasteiger partial charge in [0.25, 0.3) is 0 Å². The van der Waals surface area contributed by atoms with Crippen LogP contribution in [0.3, 0.4) is 0 Å². The van der Waals surface area contributed by atoms with Crippen molar-refractivity contribution < 1.29 is 39.2 Å². The molecule has 5 N–H and O–H groups in total. The van der Waals surface area contributed by atoms with Crippen LogP contribution in [0.15, 0.2) is 30.3 Å². The molecule has 0 saturated heterocycles. The average molecular weight is 359 g/mol. The van der Waals surface area contributed by atoms with E-state index in [1.54, 1.807) is 18.2 Å². The molecule has 0 aliphatic carbocycles. The second-order valence-corrected chi connectivity index (χ2v) is 6.42. The minimum Gasteiger partial charge on any atom is -0.481 e. The van der Waals surface area contributed by atoms with Crippen molar-refractivity contribution in [2.24, 2.45) is 5.92 Å². The third-order valence-corrected chi connectivity index (χ3v) is 4.81. The van der Waals surface area contributed by atoms with Crippen molar-refractivity contribution in [3.8, 4) is 0 Å². The topological polar surface area (TPSA) is 161 Å². The SMILES string of the molecule is O=C(O)CCC(C(=O)O)C(C(NC(=O)O)c1ccccc1)[PH](=O)O. The summed E-state index contributed by atoms with van der Waals surface area (Å²) in [4.78, 5) is 42.9. The van der Waals surface area contributed by atoms with Crippen LogP contribution in [-0.4, -0.2) is 43.9 Å². The van der Waals surface area contributed by atoms with Gasteiger partial charge in [0.2, 0.25) is 0 Å². The summed E-state index contributed by atoms with van der Waals surface area (Å²) in [6.45, 7) is 0. The fraction of sp³-hybridized carbons (Fsp3) is 0.357. The highest BCUT2D eigenvalue weighted by molar-refractivity contribution is 7.39. The Bertz CT molecular complexity index is 620. The highest BCUT2D eigenvalue weighted by Crippen LogP contribution is 2.40. The maximum Gasteiger partial charge on any atom is 0.405 e. The Hall–Kier alpha value is -2.38. The molecule has 4 unspecified atom stereocenters. The van der Waals surface area contributed by atoms with Crippen molar-refractivity contribution >= 4 is 26.1 Å². The molecule has 1 rings (SSSR count). The molecule has 9 nitrogen and oxygen atoms in total. The van der Waals surface area contributed by atoms with Gasteiger partial charge < -0.3 is 25.5 Å². The molecule has 10 heteroatoms. The van der Waals surface area contributed by atoms with Gasteiger partial charge >= 0.3 is 18.0 Å². The summed E-state index contributed by atoms with van der Waals surface area (Å²) in [6.07, 6.45) is -2.40. The standard InChI is InChI=1S/C14H18NO8P/c16-10(17)7-6-9(13(18)19)12(24(22)23)11(15-14(20)21)8-4-2-1-3-5-8/h1-5,9,11-12,15,24H,6-7H2,(H,16,17)(H,18,19)(H,20,21)(H,22,23). The molecule has 1 amide bonds. The molecule has 0 heterocycles. The first-order valence-corrected chi connectivity index (χ1v) is 8.39. The van der Waals surface area contributed by atoms with Gasteiger partial charge in [-0.05, 0) is 12.0 Å². The molecule has 4 atom stereocenters. The van der Waals surface area contributed by atoms with E-state index in [4.69, 9.17) is 10.2 Å². The molecule has 1 aromatic carbocycles. The summed E-state index contributed by atoms with van der Waals surface area (Å²) in [7, 11) is -3.50. The lowest BCUT2D eigenvalue weighted by atomic mass is 9.90. The normalized spacial score (nSPS) is 15.7. The molecule has 0 fully saturated rings. The van der Waals surface area contributed by atoms with Crippen molar-refractivity contribution in [2.45, 2.75) is 24.5 Å². The maximum atomic E-state index is 11.8. The Morgan fingerprint density at radius 3 is 2.08 bits per heavy atom. The molecule has 0 saturated carbocycles. The number of hydrogen-bond acceptors (Lipinski definition) is 4. The first kappa shape index (κ1) is 19.7. The Morgan fingerprint density at radius 1 is 1.08 bits per heavy atom. The van der Waals surface area contributed by atoms with Crippen LogP contribution in [0.4, 0.5) is 4.79 Å². The fourth-order valence-electron chi connectivity index (χ4n) is 2.46. The van der Waals surface area contributed by atoms with Crippen LogP contribution in [0.25, 0.3) is 0 Å². The predicted molar refractivity (Wildman–Crippen MR) is 83.3 cm³/mol. The zero-order valence-corrected chi connectivity index (χ0v) is 13.5. The van der Waals surface area contributed by atoms with E-state index in [0.717, 1.165) is 0 Å². The van der Waals surface area contributed by atoms with Gasteiger partial charge in [-0.25, -0.2) is 4.79 Å². The molecule has 0 radical (unpaired) electrons. The van der Waals surface area contributed by atoms with Crippen LogP contribution in [0, 0.1) is 5.92 Å². The zero-order chi connectivity index (χ0) is 18.3. The number of carbonyl (C=O) groups is 3. The Morgan fingerprint density at radius 2 is 1.67 bits per heavy atom. The number of amides is 1. The molecular weight excluding hydrogens is 341 g/mol. The van der Waals surface area contributed by atoms with Crippen LogP contribution in [0.5, 0.6) is 0 Å². The highest BCUT2D eigenvalue weighted by atomic mass is 31.1. The maximum absolute atomic E-state index is 11.8. The van der Waals surface area contributed by atoms with E-state index in [9.17, 15) is 28.9 Å². The average Bonchev–Trinajstić information content (AvgIpc) is 2.49. The van der Waals surface area contributed by atoms with E-state index in [1.165, 1.54) is 12.1 Å². The number of carboxylic acid groups (broad SMARTS) is 3. The first-order chi connectivity index (χ1) is 11.2. The van der Waals surface area contributed by atoms with Gasteiger partial charge in [-0.3, -0.25) is 14.2 Å². The van der Waals surface area contributed by atoms with E-state index in [1.807, 2.05) is 0 Å². The lowest BCUT2D eigenvalue weighted by Crippen LogP contribution is -2.40. The van der Waals surface area contributed by atoms with Gasteiger partial charge in [0.05, 0.1) is 17.6 Å². The highest BCUT2D eigenvalue weighted by Gasteiger charge is 2.39. The lowest BCUT2D eigenvalue weighted by molar-refractivity contribution is -0.143. The Balaban J connectivity index is 3.27. The van der Waals surface area contributed by atoms with E-state index in [2.05, 4.69) is 5.32 Å². The number of aliphatic carboxylic acids is 2. The second-order valence-electron chi connectivity index (χ2n) is 5.08. The van der Waals surface area contributed by atoms with Crippen LogP contribution >= 0.6 is 8.03 Å². The quantitative estimate of drug-likeness (QED) is 0.413. The molecular formula is C14H18NO8P. The van der Waals surface area contributed by atoms with E-state index in [0.29, 0.717) is 5.56 Å². The van der Waals surface area contributed by atoms with Crippen molar-refractivity contribution in [3.05, 3.63) is 35.9 Å². The van der Waals surface area contributed by atoms with Gasteiger partial charge in [0.15, 0.2) is 8.03 Å².